The molecule has 1 aliphatic heterocycles. The average Bonchev–Trinajstić information content (AvgIpc) is 2.98. The number of carbonyl (C=O) groups excluding carboxylic acids is 1. The molecule has 4 rings (SSSR count). The van der Waals surface area contributed by atoms with Crippen molar-refractivity contribution < 1.29 is 9.53 Å². The summed E-state index contributed by atoms with van der Waals surface area (Å²) in [5.74, 6) is -0.239. The molecule has 5 nitrogen and oxygen atoms in total. The Kier molecular flexibility index (Phi) is 12.2. The summed E-state index contributed by atoms with van der Waals surface area (Å²) in [5, 5.41) is 0. The maximum absolute atomic E-state index is 12.3. The normalized spacial score (nSPS) is 14.5. The Hall–Kier alpha value is -3.02. The van der Waals surface area contributed by atoms with Gasteiger partial charge in [-0.15, -0.1) is 0 Å². The summed E-state index contributed by atoms with van der Waals surface area (Å²) in [7, 11) is 0. The van der Waals surface area contributed by atoms with Gasteiger partial charge in [-0.2, -0.15) is 0 Å². The van der Waals surface area contributed by atoms with Crippen molar-refractivity contribution >= 4 is 5.97 Å². The molecule has 2 aromatic carbocycles. The molecule has 0 amide bonds. The second-order valence-electron chi connectivity index (χ2n) is 11.2. The molecule has 2 heterocycles. The Bertz CT molecular complexity index is 1080. The van der Waals surface area contributed by atoms with Crippen LogP contribution in [0.1, 0.15) is 90.2 Å². The van der Waals surface area contributed by atoms with Crippen molar-refractivity contribution in [1.82, 2.24) is 14.8 Å². The lowest BCUT2D eigenvalue weighted by atomic mass is 9.96. The molecule has 3 aromatic rings. The quantitative estimate of drug-likeness (QED) is 0.148. The van der Waals surface area contributed by atoms with E-state index < -0.39 is 0 Å². The Morgan fingerprint density at radius 3 is 1.88 bits per heavy atom. The number of pyridine rings is 1. The summed E-state index contributed by atoms with van der Waals surface area (Å²) < 4.78 is 5.48. The van der Waals surface area contributed by atoms with Crippen molar-refractivity contribution in [3.63, 3.8) is 0 Å². The number of aromatic nitrogens is 1. The first-order valence-electron chi connectivity index (χ1n) is 15.3. The third-order valence-corrected chi connectivity index (χ3v) is 8.16. The van der Waals surface area contributed by atoms with E-state index in [0.29, 0.717) is 18.2 Å². The Labute approximate surface area is 241 Å². The van der Waals surface area contributed by atoms with Crippen LogP contribution in [0, 0.1) is 13.8 Å². The van der Waals surface area contributed by atoms with Gasteiger partial charge in [0, 0.05) is 32.4 Å². The third kappa shape index (κ3) is 9.00. The van der Waals surface area contributed by atoms with Crippen molar-refractivity contribution in [2.75, 3.05) is 39.3 Å². The van der Waals surface area contributed by atoms with E-state index in [1.807, 2.05) is 19.9 Å². The summed E-state index contributed by atoms with van der Waals surface area (Å²) in [6.07, 6.45) is 11.5. The summed E-state index contributed by atoms with van der Waals surface area (Å²) >= 11 is 0. The van der Waals surface area contributed by atoms with E-state index in [9.17, 15) is 4.79 Å². The van der Waals surface area contributed by atoms with Gasteiger partial charge in [-0.3, -0.25) is 9.88 Å². The summed E-state index contributed by atoms with van der Waals surface area (Å²) in [6, 6.07) is 24.1. The number of unbranched alkanes of at least 4 members (excludes halogenated alkanes) is 7. The van der Waals surface area contributed by atoms with Gasteiger partial charge in [0.2, 0.25) is 0 Å². The molecule has 0 atom stereocenters. The van der Waals surface area contributed by atoms with Crippen LogP contribution in [0.25, 0.3) is 0 Å². The molecule has 0 N–H and O–H groups in total. The van der Waals surface area contributed by atoms with Crippen molar-refractivity contribution in [2.24, 2.45) is 0 Å². The number of aryl methyl sites for hydroxylation is 2. The van der Waals surface area contributed by atoms with E-state index in [-0.39, 0.29) is 5.97 Å². The molecule has 40 heavy (non-hydrogen) atoms. The molecule has 0 radical (unpaired) electrons. The number of benzene rings is 2. The minimum atomic E-state index is -0.239. The van der Waals surface area contributed by atoms with E-state index >= 15 is 0 Å². The number of carbonyl (C=O) groups is 1. The molecule has 0 spiro atoms. The van der Waals surface area contributed by atoms with E-state index in [0.717, 1.165) is 50.3 Å². The zero-order chi connectivity index (χ0) is 28.0. The van der Waals surface area contributed by atoms with Crippen LogP contribution in [-0.4, -0.2) is 60.1 Å². The highest BCUT2D eigenvalue weighted by Crippen LogP contribution is 2.29. The standard InChI is InChI=1S/C35H47N3O2/c1-29-21-22-36-30(2)33(29)35(39)40-28-16-8-6-4-3-5-7-15-23-37-24-26-38(27-25-37)34(31-17-11-9-12-18-31)32-19-13-10-14-20-32/h9-14,17-22,34H,3-8,15-16,23-28H2,1-2H3. The van der Waals surface area contributed by atoms with Gasteiger partial charge in [-0.1, -0.05) is 99.2 Å². The molecule has 1 aliphatic rings. The zero-order valence-corrected chi connectivity index (χ0v) is 24.6. The highest BCUT2D eigenvalue weighted by Gasteiger charge is 2.26. The van der Waals surface area contributed by atoms with Crippen molar-refractivity contribution in [3.05, 3.63) is 101 Å². The lowest BCUT2D eigenvalue weighted by molar-refractivity contribution is 0.0495. The van der Waals surface area contributed by atoms with E-state index in [1.165, 1.54) is 56.2 Å². The van der Waals surface area contributed by atoms with Crippen LogP contribution in [0.5, 0.6) is 0 Å². The number of esters is 1. The highest BCUT2D eigenvalue weighted by molar-refractivity contribution is 5.92. The molecule has 1 aromatic heterocycles. The summed E-state index contributed by atoms with van der Waals surface area (Å²) in [6.45, 7) is 10.0. The minimum Gasteiger partial charge on any atom is -0.462 e. The SMILES string of the molecule is Cc1ccnc(C)c1C(=O)OCCCCCCCCCCN1CCN(C(c2ccccc2)c2ccccc2)CC1. The Balaban J connectivity index is 1.04. The van der Waals surface area contributed by atoms with Gasteiger partial charge in [0.15, 0.2) is 0 Å². The highest BCUT2D eigenvalue weighted by atomic mass is 16.5. The number of hydrogen-bond acceptors (Lipinski definition) is 5. The zero-order valence-electron chi connectivity index (χ0n) is 24.6. The fourth-order valence-corrected chi connectivity index (χ4v) is 5.87. The fraction of sp³-hybridized carbons (Fsp3) is 0.486. The Morgan fingerprint density at radius 1 is 0.750 bits per heavy atom. The van der Waals surface area contributed by atoms with E-state index in [2.05, 4.69) is 75.4 Å². The number of piperazine rings is 1. The summed E-state index contributed by atoms with van der Waals surface area (Å²) in [4.78, 5) is 21.9. The van der Waals surface area contributed by atoms with Gasteiger partial charge < -0.3 is 9.64 Å². The van der Waals surface area contributed by atoms with Crippen LogP contribution in [0.3, 0.4) is 0 Å². The molecule has 1 saturated heterocycles. The molecule has 0 bridgehead atoms. The van der Waals surface area contributed by atoms with Gasteiger partial charge >= 0.3 is 5.97 Å². The lowest BCUT2D eigenvalue weighted by Crippen LogP contribution is -2.48. The van der Waals surface area contributed by atoms with Gasteiger partial charge in [0.1, 0.15) is 0 Å². The van der Waals surface area contributed by atoms with Crippen LogP contribution in [-0.2, 0) is 4.74 Å². The van der Waals surface area contributed by atoms with Crippen LogP contribution < -0.4 is 0 Å². The summed E-state index contributed by atoms with van der Waals surface area (Å²) in [5.41, 5.74) is 5.07. The molecule has 0 saturated carbocycles. The third-order valence-electron chi connectivity index (χ3n) is 8.16. The fourth-order valence-electron chi connectivity index (χ4n) is 5.87. The van der Waals surface area contributed by atoms with E-state index in [4.69, 9.17) is 4.74 Å². The van der Waals surface area contributed by atoms with Crippen molar-refractivity contribution in [1.29, 1.82) is 0 Å². The van der Waals surface area contributed by atoms with Gasteiger partial charge in [0.25, 0.3) is 0 Å². The number of rotatable bonds is 15. The van der Waals surface area contributed by atoms with Crippen molar-refractivity contribution in [3.8, 4) is 0 Å². The monoisotopic (exact) mass is 541 g/mol. The predicted octanol–water partition coefficient (Wildman–Crippen LogP) is 7.38. The number of nitrogens with zero attached hydrogens (tertiary/aromatic N) is 3. The minimum absolute atomic E-state index is 0.239. The Morgan fingerprint density at radius 2 is 1.30 bits per heavy atom. The first-order valence-corrected chi connectivity index (χ1v) is 15.3. The first-order chi connectivity index (χ1) is 19.6. The topological polar surface area (TPSA) is 45.7 Å². The number of ether oxygens (including phenoxy) is 1. The molecule has 0 unspecified atom stereocenters. The molecular weight excluding hydrogens is 494 g/mol. The maximum Gasteiger partial charge on any atom is 0.340 e. The molecular formula is C35H47N3O2. The average molecular weight is 542 g/mol. The second-order valence-corrected chi connectivity index (χ2v) is 11.2. The van der Waals surface area contributed by atoms with Gasteiger partial charge in [-0.25, -0.2) is 4.79 Å². The predicted molar refractivity (Wildman–Crippen MR) is 164 cm³/mol. The molecule has 0 aliphatic carbocycles. The van der Waals surface area contributed by atoms with E-state index in [1.54, 1.807) is 6.20 Å². The maximum atomic E-state index is 12.3. The molecule has 5 heteroatoms. The molecule has 1 fully saturated rings. The van der Waals surface area contributed by atoms with Crippen LogP contribution in [0.4, 0.5) is 0 Å². The largest absolute Gasteiger partial charge is 0.462 e. The first kappa shape index (κ1) is 30.0. The lowest BCUT2D eigenvalue weighted by Gasteiger charge is -2.39. The van der Waals surface area contributed by atoms with Crippen LogP contribution in [0.15, 0.2) is 72.9 Å². The smallest absolute Gasteiger partial charge is 0.340 e. The van der Waals surface area contributed by atoms with Crippen LogP contribution >= 0.6 is 0 Å². The van der Waals surface area contributed by atoms with Crippen molar-refractivity contribution in [2.45, 2.75) is 71.3 Å². The van der Waals surface area contributed by atoms with Crippen LogP contribution in [0.2, 0.25) is 0 Å². The second kappa shape index (κ2) is 16.3. The number of hydrogen-bond donors (Lipinski definition) is 0. The van der Waals surface area contributed by atoms with Gasteiger partial charge in [0.05, 0.1) is 23.9 Å². The van der Waals surface area contributed by atoms with Gasteiger partial charge in [-0.05, 0) is 56.0 Å². The molecule has 214 valence electrons.